The Kier molecular flexibility index (Phi) is 5.11. The minimum atomic E-state index is -0.559. The van der Waals surface area contributed by atoms with Gasteiger partial charge in [-0.3, -0.25) is 4.90 Å². The van der Waals surface area contributed by atoms with E-state index in [0.717, 1.165) is 25.5 Å². The molecule has 0 saturated carbocycles. The SMILES string of the molecule is CCC1CCC(C)N1CCC(N)c1cc(F)cc(F)c1. The zero-order valence-corrected chi connectivity index (χ0v) is 12.3. The van der Waals surface area contributed by atoms with Crippen molar-refractivity contribution in [2.75, 3.05) is 6.54 Å². The van der Waals surface area contributed by atoms with Crippen molar-refractivity contribution in [1.82, 2.24) is 4.90 Å². The lowest BCUT2D eigenvalue weighted by Crippen LogP contribution is -2.36. The summed E-state index contributed by atoms with van der Waals surface area (Å²) in [5.41, 5.74) is 6.63. The molecule has 0 spiro atoms. The zero-order valence-electron chi connectivity index (χ0n) is 12.3. The molecule has 3 unspecified atom stereocenters. The van der Waals surface area contributed by atoms with Gasteiger partial charge in [-0.25, -0.2) is 8.78 Å². The van der Waals surface area contributed by atoms with Crippen molar-refractivity contribution in [2.24, 2.45) is 5.73 Å². The lowest BCUT2D eigenvalue weighted by Gasteiger charge is -2.28. The number of nitrogens with two attached hydrogens (primary N) is 1. The molecule has 0 aliphatic carbocycles. The number of halogens is 2. The van der Waals surface area contributed by atoms with Gasteiger partial charge in [-0.2, -0.15) is 0 Å². The maximum atomic E-state index is 13.2. The van der Waals surface area contributed by atoms with Crippen LogP contribution < -0.4 is 5.73 Å². The molecular formula is C16H24F2N2. The third-order valence-corrected chi connectivity index (χ3v) is 4.44. The molecular weight excluding hydrogens is 258 g/mol. The lowest BCUT2D eigenvalue weighted by atomic mass is 10.0. The molecule has 112 valence electrons. The highest BCUT2D eigenvalue weighted by Gasteiger charge is 2.29. The van der Waals surface area contributed by atoms with Crippen LogP contribution >= 0.6 is 0 Å². The Labute approximate surface area is 120 Å². The Morgan fingerprint density at radius 1 is 1.25 bits per heavy atom. The van der Waals surface area contributed by atoms with Gasteiger partial charge >= 0.3 is 0 Å². The first-order chi connectivity index (χ1) is 9.51. The molecule has 2 rings (SSSR count). The molecule has 1 aromatic carbocycles. The Morgan fingerprint density at radius 3 is 2.50 bits per heavy atom. The summed E-state index contributed by atoms with van der Waals surface area (Å²) >= 11 is 0. The standard InChI is InChI=1S/C16H24F2N2/c1-3-15-5-4-11(2)20(15)7-6-16(19)12-8-13(17)10-14(18)9-12/h8-11,15-16H,3-7,19H2,1-2H3. The molecule has 2 N–H and O–H groups in total. The van der Waals surface area contributed by atoms with Gasteiger partial charge in [0.1, 0.15) is 11.6 Å². The second kappa shape index (κ2) is 6.64. The summed E-state index contributed by atoms with van der Waals surface area (Å²) in [6, 6.07) is 4.44. The maximum Gasteiger partial charge on any atom is 0.126 e. The van der Waals surface area contributed by atoms with Crippen LogP contribution in [0, 0.1) is 11.6 Å². The van der Waals surface area contributed by atoms with E-state index in [2.05, 4.69) is 18.7 Å². The van der Waals surface area contributed by atoms with Gasteiger partial charge in [0.2, 0.25) is 0 Å². The Balaban J connectivity index is 1.96. The first kappa shape index (κ1) is 15.4. The van der Waals surface area contributed by atoms with E-state index < -0.39 is 11.6 Å². The number of hydrogen-bond acceptors (Lipinski definition) is 2. The van der Waals surface area contributed by atoms with Crippen LogP contribution in [0.25, 0.3) is 0 Å². The molecule has 1 aliphatic heterocycles. The van der Waals surface area contributed by atoms with Crippen molar-refractivity contribution in [3.63, 3.8) is 0 Å². The first-order valence-electron chi connectivity index (χ1n) is 7.48. The van der Waals surface area contributed by atoms with Gasteiger partial charge < -0.3 is 5.73 Å². The Bertz CT molecular complexity index is 430. The van der Waals surface area contributed by atoms with Gasteiger partial charge in [-0.05, 0) is 50.3 Å². The third kappa shape index (κ3) is 3.55. The lowest BCUT2D eigenvalue weighted by molar-refractivity contribution is 0.191. The summed E-state index contributed by atoms with van der Waals surface area (Å²) in [4.78, 5) is 2.48. The molecule has 3 atom stereocenters. The summed E-state index contributed by atoms with van der Waals surface area (Å²) in [5.74, 6) is -1.12. The molecule has 0 radical (unpaired) electrons. The van der Waals surface area contributed by atoms with Crippen LogP contribution in [0.3, 0.4) is 0 Å². The monoisotopic (exact) mass is 282 g/mol. The average molecular weight is 282 g/mol. The molecule has 1 heterocycles. The highest BCUT2D eigenvalue weighted by molar-refractivity contribution is 5.21. The van der Waals surface area contributed by atoms with E-state index in [9.17, 15) is 8.78 Å². The van der Waals surface area contributed by atoms with Crippen LogP contribution in [-0.2, 0) is 0 Å². The predicted octanol–water partition coefficient (Wildman–Crippen LogP) is 3.62. The second-order valence-corrected chi connectivity index (χ2v) is 5.82. The fourth-order valence-corrected chi connectivity index (χ4v) is 3.21. The highest BCUT2D eigenvalue weighted by Crippen LogP contribution is 2.27. The summed E-state index contributed by atoms with van der Waals surface area (Å²) in [6.45, 7) is 5.33. The van der Waals surface area contributed by atoms with Crippen LogP contribution in [0.5, 0.6) is 0 Å². The summed E-state index contributed by atoms with van der Waals surface area (Å²) in [7, 11) is 0. The molecule has 0 bridgehead atoms. The summed E-state index contributed by atoms with van der Waals surface area (Å²) in [6.07, 6.45) is 4.34. The molecule has 1 saturated heterocycles. The van der Waals surface area contributed by atoms with Gasteiger partial charge in [-0.1, -0.05) is 6.92 Å². The van der Waals surface area contributed by atoms with Crippen LogP contribution in [0.15, 0.2) is 18.2 Å². The van der Waals surface area contributed by atoms with Crippen LogP contribution in [-0.4, -0.2) is 23.5 Å². The molecule has 4 heteroatoms. The van der Waals surface area contributed by atoms with Crippen LogP contribution in [0.1, 0.15) is 51.1 Å². The summed E-state index contributed by atoms with van der Waals surface area (Å²) in [5, 5.41) is 0. The fraction of sp³-hybridized carbons (Fsp3) is 0.625. The molecule has 1 aliphatic rings. The topological polar surface area (TPSA) is 29.3 Å². The van der Waals surface area contributed by atoms with Crippen molar-refractivity contribution in [3.05, 3.63) is 35.4 Å². The summed E-state index contributed by atoms with van der Waals surface area (Å²) < 4.78 is 26.4. The quantitative estimate of drug-likeness (QED) is 0.893. The van der Waals surface area contributed by atoms with Crippen molar-refractivity contribution in [2.45, 2.75) is 57.7 Å². The Hall–Kier alpha value is -1.00. The zero-order chi connectivity index (χ0) is 14.7. The van der Waals surface area contributed by atoms with Crippen LogP contribution in [0.4, 0.5) is 8.78 Å². The van der Waals surface area contributed by atoms with Gasteiger partial charge in [0.05, 0.1) is 0 Å². The molecule has 20 heavy (non-hydrogen) atoms. The molecule has 0 amide bonds. The molecule has 1 fully saturated rings. The molecule has 0 aromatic heterocycles. The van der Waals surface area contributed by atoms with E-state index in [1.807, 2.05) is 0 Å². The van der Waals surface area contributed by atoms with E-state index in [-0.39, 0.29) is 6.04 Å². The average Bonchev–Trinajstić information content (AvgIpc) is 2.75. The minimum absolute atomic E-state index is 0.314. The third-order valence-electron chi connectivity index (χ3n) is 4.44. The maximum absolute atomic E-state index is 13.2. The van der Waals surface area contributed by atoms with E-state index in [1.165, 1.54) is 25.0 Å². The van der Waals surface area contributed by atoms with Crippen molar-refractivity contribution < 1.29 is 8.78 Å². The largest absolute Gasteiger partial charge is 0.324 e. The molecule has 1 aromatic rings. The van der Waals surface area contributed by atoms with E-state index >= 15 is 0 Å². The number of rotatable bonds is 5. The van der Waals surface area contributed by atoms with Gasteiger partial charge in [0.25, 0.3) is 0 Å². The number of benzene rings is 1. The fourth-order valence-electron chi connectivity index (χ4n) is 3.21. The smallest absolute Gasteiger partial charge is 0.126 e. The number of likely N-dealkylation sites (tertiary alicyclic amines) is 1. The Morgan fingerprint density at radius 2 is 1.90 bits per heavy atom. The van der Waals surface area contributed by atoms with Crippen molar-refractivity contribution in [3.8, 4) is 0 Å². The molecule has 2 nitrogen and oxygen atoms in total. The first-order valence-corrected chi connectivity index (χ1v) is 7.48. The van der Waals surface area contributed by atoms with E-state index in [4.69, 9.17) is 5.73 Å². The highest BCUT2D eigenvalue weighted by atomic mass is 19.1. The number of hydrogen-bond donors (Lipinski definition) is 1. The minimum Gasteiger partial charge on any atom is -0.324 e. The van der Waals surface area contributed by atoms with Crippen molar-refractivity contribution in [1.29, 1.82) is 0 Å². The van der Waals surface area contributed by atoms with Gasteiger partial charge in [0, 0.05) is 30.7 Å². The van der Waals surface area contributed by atoms with E-state index in [1.54, 1.807) is 0 Å². The predicted molar refractivity (Wildman–Crippen MR) is 77.4 cm³/mol. The second-order valence-electron chi connectivity index (χ2n) is 5.82. The van der Waals surface area contributed by atoms with E-state index in [0.29, 0.717) is 17.6 Å². The van der Waals surface area contributed by atoms with Crippen LogP contribution in [0.2, 0.25) is 0 Å². The normalized spacial score (nSPS) is 25.1. The number of nitrogens with zero attached hydrogens (tertiary/aromatic N) is 1. The van der Waals surface area contributed by atoms with Gasteiger partial charge in [0.15, 0.2) is 0 Å². The van der Waals surface area contributed by atoms with Crippen molar-refractivity contribution >= 4 is 0 Å². The van der Waals surface area contributed by atoms with Gasteiger partial charge in [-0.15, -0.1) is 0 Å².